The Morgan fingerprint density at radius 2 is 1.64 bits per heavy atom. The van der Waals surface area contributed by atoms with Crippen LogP contribution in [-0.2, 0) is 4.79 Å². The first-order chi connectivity index (χ1) is 19.8. The molecule has 232 valence electrons. The van der Waals surface area contributed by atoms with Crippen LogP contribution >= 0.6 is 0 Å². The van der Waals surface area contributed by atoms with Crippen LogP contribution in [0.4, 0.5) is 5.69 Å². The maximum Gasteiger partial charge on any atom is 0.226 e. The SMILES string of the molecule is C=C(C)[C@@H]1CC[C@]2(C(=O)NCCNc3ccncc3)CC[C@]3(C)[C@H](CC[C@@H]4[C@@]5(C)CC[C@H](O)C(C)(C)[C@@H]5CC[C@]43C)[C@@H]12. The van der Waals surface area contributed by atoms with E-state index in [0.29, 0.717) is 48.6 Å². The molecule has 5 nitrogen and oxygen atoms in total. The van der Waals surface area contributed by atoms with Gasteiger partial charge < -0.3 is 15.7 Å². The van der Waals surface area contributed by atoms with Crippen molar-refractivity contribution in [2.45, 2.75) is 112 Å². The Hall–Kier alpha value is -1.88. The van der Waals surface area contributed by atoms with Gasteiger partial charge in [-0.1, -0.05) is 46.8 Å². The lowest BCUT2D eigenvalue weighted by Crippen LogP contribution is -2.67. The normalized spacial score (nSPS) is 45.5. The fraction of sp³-hybridized carbons (Fsp3) is 0.784. The van der Waals surface area contributed by atoms with Gasteiger partial charge in [-0.25, -0.2) is 0 Å². The summed E-state index contributed by atoms with van der Waals surface area (Å²) in [5, 5.41) is 17.9. The van der Waals surface area contributed by atoms with Crippen molar-refractivity contribution in [3.05, 3.63) is 36.7 Å². The fourth-order valence-corrected chi connectivity index (χ4v) is 12.6. The van der Waals surface area contributed by atoms with E-state index in [0.717, 1.165) is 44.2 Å². The quantitative estimate of drug-likeness (QED) is 0.241. The van der Waals surface area contributed by atoms with Crippen molar-refractivity contribution < 1.29 is 9.90 Å². The molecule has 0 aromatic carbocycles. The van der Waals surface area contributed by atoms with E-state index in [1.54, 1.807) is 12.4 Å². The molecular formula is C37H57N3O2. The summed E-state index contributed by atoms with van der Waals surface area (Å²) in [6.07, 6.45) is 14.7. The average molecular weight is 576 g/mol. The number of aromatic nitrogens is 1. The highest BCUT2D eigenvalue weighted by Crippen LogP contribution is 2.77. The minimum atomic E-state index is -0.272. The summed E-state index contributed by atoms with van der Waals surface area (Å²) in [4.78, 5) is 18.4. The molecule has 1 aromatic heterocycles. The summed E-state index contributed by atoms with van der Waals surface area (Å²) in [5.74, 6) is 2.93. The minimum absolute atomic E-state index is 0.0192. The molecule has 0 aliphatic heterocycles. The van der Waals surface area contributed by atoms with Crippen LogP contribution in [0.2, 0.25) is 0 Å². The van der Waals surface area contributed by atoms with Crippen LogP contribution in [0.15, 0.2) is 36.7 Å². The number of allylic oxidation sites excluding steroid dienone is 1. The Balaban J connectivity index is 1.26. The third kappa shape index (κ3) is 4.18. The number of pyridine rings is 1. The van der Waals surface area contributed by atoms with Crippen LogP contribution in [0.5, 0.6) is 0 Å². The molecule has 5 heteroatoms. The first kappa shape index (κ1) is 30.2. The molecule has 6 rings (SSSR count). The number of nitrogens with zero attached hydrogens (tertiary/aromatic N) is 1. The van der Waals surface area contributed by atoms with Gasteiger partial charge in [0.25, 0.3) is 0 Å². The number of aliphatic hydroxyl groups is 1. The highest BCUT2D eigenvalue weighted by molar-refractivity contribution is 5.84. The average Bonchev–Trinajstić information content (AvgIpc) is 3.36. The van der Waals surface area contributed by atoms with Crippen molar-refractivity contribution in [3.8, 4) is 0 Å². The van der Waals surface area contributed by atoms with Gasteiger partial charge in [0.2, 0.25) is 5.91 Å². The van der Waals surface area contributed by atoms with Gasteiger partial charge in [0, 0.05) is 31.2 Å². The molecule has 5 fully saturated rings. The zero-order valence-corrected chi connectivity index (χ0v) is 27.3. The molecule has 1 aromatic rings. The van der Waals surface area contributed by atoms with Gasteiger partial charge in [0.1, 0.15) is 0 Å². The second-order valence-corrected chi connectivity index (χ2v) is 16.6. The molecule has 0 bridgehead atoms. The lowest BCUT2D eigenvalue weighted by molar-refractivity contribution is -0.246. The maximum atomic E-state index is 14.3. The predicted molar refractivity (Wildman–Crippen MR) is 171 cm³/mol. The molecule has 0 spiro atoms. The number of carbonyl (C=O) groups is 1. The van der Waals surface area contributed by atoms with Gasteiger partial charge in [-0.3, -0.25) is 9.78 Å². The minimum Gasteiger partial charge on any atom is -0.393 e. The Labute approximate surface area is 255 Å². The smallest absolute Gasteiger partial charge is 0.226 e. The van der Waals surface area contributed by atoms with E-state index in [1.165, 1.54) is 31.3 Å². The summed E-state index contributed by atoms with van der Waals surface area (Å²) < 4.78 is 0. The van der Waals surface area contributed by atoms with E-state index in [1.807, 2.05) is 12.1 Å². The monoisotopic (exact) mass is 575 g/mol. The van der Waals surface area contributed by atoms with E-state index in [-0.39, 0.29) is 33.2 Å². The first-order valence-electron chi connectivity index (χ1n) is 17.1. The van der Waals surface area contributed by atoms with Gasteiger partial charge in [0.05, 0.1) is 11.5 Å². The van der Waals surface area contributed by atoms with Crippen LogP contribution in [0.1, 0.15) is 106 Å². The number of rotatable bonds is 6. The molecule has 42 heavy (non-hydrogen) atoms. The maximum absolute atomic E-state index is 14.3. The van der Waals surface area contributed by atoms with Crippen molar-refractivity contribution in [1.82, 2.24) is 10.3 Å². The lowest BCUT2D eigenvalue weighted by atomic mass is 9.32. The van der Waals surface area contributed by atoms with E-state index in [2.05, 4.69) is 63.7 Å². The Morgan fingerprint density at radius 1 is 0.905 bits per heavy atom. The van der Waals surface area contributed by atoms with E-state index in [9.17, 15) is 9.90 Å². The van der Waals surface area contributed by atoms with E-state index < -0.39 is 0 Å². The number of carbonyl (C=O) groups excluding carboxylic acids is 1. The largest absolute Gasteiger partial charge is 0.393 e. The van der Waals surface area contributed by atoms with Gasteiger partial charge in [-0.15, -0.1) is 0 Å². The van der Waals surface area contributed by atoms with Gasteiger partial charge in [-0.05, 0) is 135 Å². The van der Waals surface area contributed by atoms with Gasteiger partial charge >= 0.3 is 0 Å². The Morgan fingerprint density at radius 3 is 2.36 bits per heavy atom. The molecule has 5 aliphatic rings. The number of anilines is 1. The molecule has 1 amide bonds. The number of fused-ring (bicyclic) bond motifs is 7. The van der Waals surface area contributed by atoms with Crippen molar-refractivity contribution in [2.24, 2.45) is 56.7 Å². The van der Waals surface area contributed by atoms with E-state index >= 15 is 0 Å². The standard InChI is InChI=1S/C37H57N3O2/c1-24(2)26-10-17-37(32(42)40-23-22-39-25-13-20-38-21-14-25)19-18-35(6)27(31(26)37)8-9-29-34(5)15-12-30(41)33(3,4)28(34)11-16-36(29,35)7/h13-14,20-21,26-31,41H,1,8-12,15-19,22-23H2,2-7H3,(H,38,39)(H,40,42)/t26-,27+,28-,29+,30-,31+,34-,35+,36+,37-/m0/s1. The summed E-state index contributed by atoms with van der Waals surface area (Å²) in [7, 11) is 0. The van der Waals surface area contributed by atoms with Crippen LogP contribution in [0, 0.1) is 56.7 Å². The number of amides is 1. The van der Waals surface area contributed by atoms with Crippen molar-refractivity contribution in [3.63, 3.8) is 0 Å². The first-order valence-corrected chi connectivity index (χ1v) is 17.1. The molecule has 0 unspecified atom stereocenters. The molecule has 0 radical (unpaired) electrons. The second-order valence-electron chi connectivity index (χ2n) is 16.6. The molecule has 0 saturated heterocycles. The van der Waals surface area contributed by atoms with Crippen molar-refractivity contribution >= 4 is 11.6 Å². The summed E-state index contributed by atoms with van der Waals surface area (Å²) >= 11 is 0. The lowest BCUT2D eigenvalue weighted by Gasteiger charge is -2.72. The Kier molecular flexibility index (Phi) is 7.43. The highest BCUT2D eigenvalue weighted by Gasteiger charge is 2.71. The van der Waals surface area contributed by atoms with Crippen LogP contribution in [0.25, 0.3) is 0 Å². The number of hydrogen-bond acceptors (Lipinski definition) is 4. The van der Waals surface area contributed by atoms with Crippen LogP contribution in [-0.4, -0.2) is 35.2 Å². The second kappa shape index (κ2) is 10.3. The third-order valence-electron chi connectivity index (χ3n) is 14.9. The van der Waals surface area contributed by atoms with E-state index in [4.69, 9.17) is 0 Å². The zero-order chi connectivity index (χ0) is 30.1. The summed E-state index contributed by atoms with van der Waals surface area (Å²) in [5.41, 5.74) is 2.79. The number of nitrogens with one attached hydrogen (secondary N) is 2. The fourth-order valence-electron chi connectivity index (χ4n) is 12.6. The predicted octanol–water partition coefficient (Wildman–Crippen LogP) is 7.63. The molecule has 3 N–H and O–H groups in total. The van der Waals surface area contributed by atoms with Crippen LogP contribution in [0.3, 0.4) is 0 Å². The topological polar surface area (TPSA) is 74.2 Å². The molecule has 1 heterocycles. The van der Waals surface area contributed by atoms with Crippen molar-refractivity contribution in [1.29, 1.82) is 0 Å². The summed E-state index contributed by atoms with van der Waals surface area (Å²) in [6.45, 7) is 20.7. The van der Waals surface area contributed by atoms with Crippen molar-refractivity contribution in [2.75, 3.05) is 18.4 Å². The molecule has 5 aliphatic carbocycles. The zero-order valence-electron chi connectivity index (χ0n) is 27.3. The van der Waals surface area contributed by atoms with Gasteiger partial charge in [-0.2, -0.15) is 0 Å². The third-order valence-corrected chi connectivity index (χ3v) is 14.9. The van der Waals surface area contributed by atoms with Gasteiger partial charge in [0.15, 0.2) is 0 Å². The molecule has 5 saturated carbocycles. The summed E-state index contributed by atoms with van der Waals surface area (Å²) in [6, 6.07) is 3.93. The molecule has 10 atom stereocenters. The Bertz CT molecular complexity index is 1200. The molecular weight excluding hydrogens is 518 g/mol. The number of hydrogen-bond donors (Lipinski definition) is 3. The number of aliphatic hydroxyl groups excluding tert-OH is 1. The van der Waals surface area contributed by atoms with Crippen LogP contribution < -0.4 is 10.6 Å². The highest BCUT2D eigenvalue weighted by atomic mass is 16.3.